The second-order valence-corrected chi connectivity index (χ2v) is 12.2. The molecule has 0 aliphatic heterocycles. The summed E-state index contributed by atoms with van der Waals surface area (Å²) >= 11 is 0. The molecule has 0 bridgehead atoms. The number of carbonyl (C=O) groups is 2. The Morgan fingerprint density at radius 1 is 1.14 bits per heavy atom. The number of halogens is 1. The van der Waals surface area contributed by atoms with Crippen molar-refractivity contribution in [2.75, 3.05) is 11.9 Å². The van der Waals surface area contributed by atoms with Crippen LogP contribution in [0.1, 0.15) is 76.2 Å². The number of pyridine rings is 1. The number of alkyl halides is 1. The molecule has 4 N–H and O–H groups in total. The zero-order chi connectivity index (χ0) is 30.7. The van der Waals surface area contributed by atoms with Gasteiger partial charge in [0.2, 0.25) is 0 Å². The monoisotopic (exact) mass is 579 g/mol. The van der Waals surface area contributed by atoms with Crippen LogP contribution < -0.4 is 16.0 Å². The number of carbonyl (C=O) groups excluding carboxylic acids is 2. The highest BCUT2D eigenvalue weighted by molar-refractivity contribution is 6.00. The van der Waals surface area contributed by atoms with Crippen molar-refractivity contribution in [2.24, 2.45) is 0 Å². The number of hydrogen-bond donors (Lipinski definition) is 4. The van der Waals surface area contributed by atoms with E-state index < -0.39 is 29.4 Å². The molecule has 4 rings (SSSR count). The van der Waals surface area contributed by atoms with E-state index in [1.54, 1.807) is 16.6 Å². The molecular formula is C30H38FN7O4. The summed E-state index contributed by atoms with van der Waals surface area (Å²) in [4.78, 5) is 29.9. The predicted molar refractivity (Wildman–Crippen MR) is 156 cm³/mol. The topological polar surface area (TPSA) is 154 Å². The molecule has 1 aliphatic rings. The maximum atomic E-state index is 14.4. The van der Waals surface area contributed by atoms with Crippen molar-refractivity contribution in [2.45, 2.75) is 89.8 Å². The average Bonchev–Trinajstić information content (AvgIpc) is 3.34. The number of nitrogens with one attached hydrogen (secondary N) is 3. The summed E-state index contributed by atoms with van der Waals surface area (Å²) in [5, 5.41) is 32.4. The molecule has 1 atom stereocenters. The minimum Gasteiger partial charge on any atom is -0.444 e. The van der Waals surface area contributed by atoms with E-state index in [9.17, 15) is 24.3 Å². The number of rotatable bonds is 8. The van der Waals surface area contributed by atoms with Crippen LogP contribution >= 0.6 is 0 Å². The van der Waals surface area contributed by atoms with Crippen molar-refractivity contribution >= 4 is 23.2 Å². The summed E-state index contributed by atoms with van der Waals surface area (Å²) in [5.74, 6) is -0.527. The summed E-state index contributed by atoms with van der Waals surface area (Å²) in [7, 11) is 0. The lowest BCUT2D eigenvalue weighted by atomic mass is 9.91. The Morgan fingerprint density at radius 2 is 1.83 bits per heavy atom. The standard InChI is InChI=1S/C30H38FN7O4/c1-29(2,3)42-28(40)37-20-8-6-19(7-9-20)36-23-13-24(25-11-10-21-12-18(14-32)15-35-38(21)25)33-16-22(23)27(39)34-17-26(31)30(4,5)41/h10-13,15-16,19-20,26,41H,6-9,17H2,1-5H3,(H,33,36)(H,34,39)(H,37,40)/t19-,20-,26-/m1/s1. The normalized spacial score (nSPS) is 18.1. The molecule has 0 spiro atoms. The molecule has 12 heteroatoms. The Labute approximate surface area is 244 Å². The Balaban J connectivity index is 1.54. The van der Waals surface area contributed by atoms with Crippen LogP contribution in [0.3, 0.4) is 0 Å². The van der Waals surface area contributed by atoms with Gasteiger partial charge in [0.1, 0.15) is 17.8 Å². The fourth-order valence-corrected chi connectivity index (χ4v) is 4.75. The molecule has 1 fully saturated rings. The lowest BCUT2D eigenvalue weighted by Crippen LogP contribution is -2.43. The number of amides is 2. The third-order valence-electron chi connectivity index (χ3n) is 7.06. The molecule has 11 nitrogen and oxygen atoms in total. The fraction of sp³-hybridized carbons (Fsp3) is 0.500. The molecular weight excluding hydrogens is 541 g/mol. The van der Waals surface area contributed by atoms with Crippen LogP contribution in [-0.2, 0) is 4.74 Å². The minimum atomic E-state index is -1.66. The summed E-state index contributed by atoms with van der Waals surface area (Å²) in [5.41, 5.74) is 0.942. The highest BCUT2D eigenvalue weighted by Crippen LogP contribution is 2.29. The summed E-state index contributed by atoms with van der Waals surface area (Å²) in [6.45, 7) is 7.78. The molecule has 42 heavy (non-hydrogen) atoms. The van der Waals surface area contributed by atoms with Crippen LogP contribution in [0.15, 0.2) is 36.7 Å². The van der Waals surface area contributed by atoms with Crippen molar-refractivity contribution in [3.8, 4) is 17.5 Å². The molecule has 1 aliphatic carbocycles. The highest BCUT2D eigenvalue weighted by atomic mass is 19.1. The third-order valence-corrected chi connectivity index (χ3v) is 7.06. The van der Waals surface area contributed by atoms with Gasteiger partial charge in [0.05, 0.1) is 52.1 Å². The van der Waals surface area contributed by atoms with Gasteiger partial charge in [-0.05, 0) is 84.6 Å². The van der Waals surface area contributed by atoms with Crippen LogP contribution in [0, 0.1) is 11.3 Å². The lowest BCUT2D eigenvalue weighted by molar-refractivity contribution is -0.00178. The van der Waals surface area contributed by atoms with E-state index in [2.05, 4.69) is 32.1 Å². The van der Waals surface area contributed by atoms with Gasteiger partial charge < -0.3 is 25.8 Å². The second-order valence-electron chi connectivity index (χ2n) is 12.2. The number of fused-ring (bicyclic) bond motifs is 1. The van der Waals surface area contributed by atoms with Crippen molar-refractivity contribution < 1.29 is 23.8 Å². The SMILES string of the molecule is CC(C)(C)OC(=O)N[C@H]1CC[C@H](Nc2cc(-c3ccc4cc(C#N)cnn34)ncc2C(=O)NC[C@@H](F)C(C)(C)O)CC1. The molecule has 0 saturated heterocycles. The third kappa shape index (κ3) is 7.73. The second kappa shape index (κ2) is 12.3. The van der Waals surface area contributed by atoms with Gasteiger partial charge in [-0.1, -0.05) is 0 Å². The highest BCUT2D eigenvalue weighted by Gasteiger charge is 2.29. The fourth-order valence-electron chi connectivity index (χ4n) is 4.75. The largest absolute Gasteiger partial charge is 0.444 e. The first-order valence-electron chi connectivity index (χ1n) is 14.0. The van der Waals surface area contributed by atoms with Crippen LogP contribution in [-0.4, -0.2) is 67.7 Å². The van der Waals surface area contributed by atoms with Gasteiger partial charge in [-0.2, -0.15) is 10.4 Å². The van der Waals surface area contributed by atoms with Crippen molar-refractivity contribution in [1.29, 1.82) is 5.26 Å². The number of anilines is 1. The van der Waals surface area contributed by atoms with E-state index in [0.717, 1.165) is 31.2 Å². The Bertz CT molecular complexity index is 1480. The number of alkyl carbamates (subject to hydrolysis) is 1. The first-order valence-corrected chi connectivity index (χ1v) is 14.0. The van der Waals surface area contributed by atoms with Gasteiger partial charge in [-0.3, -0.25) is 9.78 Å². The maximum Gasteiger partial charge on any atom is 0.407 e. The first-order chi connectivity index (χ1) is 19.7. The predicted octanol–water partition coefficient (Wildman–Crippen LogP) is 4.35. The smallest absolute Gasteiger partial charge is 0.407 e. The molecule has 2 amide bonds. The van der Waals surface area contributed by atoms with Crippen molar-refractivity contribution in [3.05, 3.63) is 47.8 Å². The van der Waals surface area contributed by atoms with Crippen LogP contribution in [0.4, 0.5) is 14.9 Å². The Hall–Kier alpha value is -4.24. The van der Waals surface area contributed by atoms with Crippen LogP contribution in [0.5, 0.6) is 0 Å². The van der Waals surface area contributed by atoms with E-state index in [0.29, 0.717) is 22.6 Å². The molecule has 0 unspecified atom stereocenters. The van der Waals surface area contributed by atoms with Crippen LogP contribution in [0.2, 0.25) is 0 Å². The molecule has 0 aromatic carbocycles. The van der Waals surface area contributed by atoms with Gasteiger partial charge in [-0.15, -0.1) is 0 Å². The molecule has 1 saturated carbocycles. The molecule has 3 heterocycles. The van der Waals surface area contributed by atoms with Gasteiger partial charge in [0, 0.05) is 18.3 Å². The average molecular weight is 580 g/mol. The zero-order valence-electron chi connectivity index (χ0n) is 24.6. The molecule has 3 aromatic heterocycles. The maximum absolute atomic E-state index is 14.4. The lowest BCUT2D eigenvalue weighted by Gasteiger charge is -2.31. The number of nitriles is 1. The van der Waals surface area contributed by atoms with Gasteiger partial charge in [0.15, 0.2) is 0 Å². The summed E-state index contributed by atoms with van der Waals surface area (Å²) in [6.07, 6.45) is 3.71. The van der Waals surface area contributed by atoms with E-state index in [1.165, 1.54) is 26.2 Å². The van der Waals surface area contributed by atoms with Gasteiger partial charge in [-0.25, -0.2) is 13.7 Å². The molecule has 3 aromatic rings. The number of aliphatic hydroxyl groups is 1. The first kappa shape index (κ1) is 30.7. The molecule has 0 radical (unpaired) electrons. The van der Waals surface area contributed by atoms with Crippen LogP contribution in [0.25, 0.3) is 16.9 Å². The number of hydrogen-bond acceptors (Lipinski definition) is 8. The number of nitrogens with zero attached hydrogens (tertiary/aromatic N) is 4. The van der Waals surface area contributed by atoms with E-state index in [4.69, 9.17) is 4.74 Å². The Kier molecular flexibility index (Phi) is 9.01. The minimum absolute atomic E-state index is 0.00848. The van der Waals surface area contributed by atoms with E-state index in [1.807, 2.05) is 32.9 Å². The summed E-state index contributed by atoms with van der Waals surface area (Å²) in [6, 6.07) is 9.20. The zero-order valence-corrected chi connectivity index (χ0v) is 24.6. The van der Waals surface area contributed by atoms with E-state index in [-0.39, 0.29) is 24.2 Å². The Morgan fingerprint density at radius 3 is 2.48 bits per heavy atom. The van der Waals surface area contributed by atoms with Crippen molar-refractivity contribution in [3.63, 3.8) is 0 Å². The molecule has 224 valence electrons. The number of aromatic nitrogens is 3. The van der Waals surface area contributed by atoms with Gasteiger partial charge >= 0.3 is 6.09 Å². The number of ether oxygens (including phenoxy) is 1. The van der Waals surface area contributed by atoms with Crippen molar-refractivity contribution in [1.82, 2.24) is 25.2 Å². The van der Waals surface area contributed by atoms with E-state index >= 15 is 0 Å². The summed E-state index contributed by atoms with van der Waals surface area (Å²) < 4.78 is 21.4. The quantitative estimate of drug-likeness (QED) is 0.307. The van der Waals surface area contributed by atoms with Gasteiger partial charge in [0.25, 0.3) is 5.91 Å².